The first-order valence-electron chi connectivity index (χ1n) is 8.61. The number of anilines is 2. The fourth-order valence-electron chi connectivity index (χ4n) is 3.42. The molecule has 0 aromatic carbocycles. The van der Waals surface area contributed by atoms with Gasteiger partial charge in [0.25, 0.3) is 0 Å². The second kappa shape index (κ2) is 7.03. The summed E-state index contributed by atoms with van der Waals surface area (Å²) in [6.07, 6.45) is 5.63. The fraction of sp³-hybridized carbons (Fsp3) is 0.200. The summed E-state index contributed by atoms with van der Waals surface area (Å²) in [4.78, 5) is 36.5. The van der Waals surface area contributed by atoms with Crippen molar-refractivity contribution in [3.05, 3.63) is 60.2 Å². The number of hydrogen-bond acceptors (Lipinski definition) is 6. The highest BCUT2D eigenvalue weighted by Gasteiger charge is 2.35. The number of nitrogens with one attached hydrogen (secondary N) is 2. The summed E-state index contributed by atoms with van der Waals surface area (Å²) in [5.74, 6) is -0.297. The normalized spacial score (nSPS) is 15.9. The monoisotopic (exact) mass is 362 g/mol. The summed E-state index contributed by atoms with van der Waals surface area (Å²) in [5, 5.41) is 3.27. The van der Waals surface area contributed by atoms with E-state index in [1.54, 1.807) is 18.6 Å². The third kappa shape index (κ3) is 3.19. The van der Waals surface area contributed by atoms with Crippen molar-refractivity contribution < 1.29 is 14.3 Å². The number of pyridine rings is 2. The first kappa shape index (κ1) is 17.0. The third-order valence-electron chi connectivity index (χ3n) is 4.66. The van der Waals surface area contributed by atoms with Crippen LogP contribution in [0.5, 0.6) is 0 Å². The van der Waals surface area contributed by atoms with E-state index in [9.17, 15) is 9.59 Å². The zero-order valence-electron chi connectivity index (χ0n) is 14.7. The van der Waals surface area contributed by atoms with Gasteiger partial charge in [-0.1, -0.05) is 6.07 Å². The standard InChI is InChI=1S/C20H18N4O3/c1-27-20(26)13-10-14-17(15(25)11-13)19(24-16-4-2-3-7-22-16)18(23-14)12-5-8-21-9-6-12/h2-9,13,23H,10-11H2,1H3,(H,22,24). The zero-order valence-corrected chi connectivity index (χ0v) is 14.7. The van der Waals surface area contributed by atoms with Crippen molar-refractivity contribution >= 4 is 23.3 Å². The molecule has 7 nitrogen and oxygen atoms in total. The van der Waals surface area contributed by atoms with Crippen LogP contribution in [0.15, 0.2) is 48.9 Å². The lowest BCUT2D eigenvalue weighted by Gasteiger charge is -2.19. The molecule has 0 amide bonds. The molecule has 0 saturated carbocycles. The molecular weight excluding hydrogens is 344 g/mol. The Morgan fingerprint density at radius 1 is 1.19 bits per heavy atom. The van der Waals surface area contributed by atoms with Gasteiger partial charge in [0.05, 0.1) is 30.0 Å². The average molecular weight is 362 g/mol. The summed E-state index contributed by atoms with van der Waals surface area (Å²) in [7, 11) is 1.34. The number of carbonyl (C=O) groups is 2. The van der Waals surface area contributed by atoms with Gasteiger partial charge in [-0.3, -0.25) is 14.6 Å². The van der Waals surface area contributed by atoms with Gasteiger partial charge >= 0.3 is 5.97 Å². The number of ether oxygens (including phenoxy) is 1. The van der Waals surface area contributed by atoms with E-state index in [1.807, 2.05) is 30.3 Å². The number of hydrogen-bond donors (Lipinski definition) is 2. The molecular formula is C20H18N4O3. The second-order valence-corrected chi connectivity index (χ2v) is 6.36. The highest BCUT2D eigenvalue weighted by atomic mass is 16.5. The quantitative estimate of drug-likeness (QED) is 0.692. The molecule has 3 aromatic rings. The Hall–Kier alpha value is -3.48. The Bertz CT molecular complexity index is 983. The summed E-state index contributed by atoms with van der Waals surface area (Å²) in [6, 6.07) is 9.26. The topological polar surface area (TPSA) is 97.0 Å². The molecule has 0 radical (unpaired) electrons. The molecule has 1 aliphatic rings. The van der Waals surface area contributed by atoms with E-state index in [2.05, 4.69) is 20.3 Å². The molecule has 2 N–H and O–H groups in total. The number of fused-ring (bicyclic) bond motifs is 1. The number of ketones is 1. The third-order valence-corrected chi connectivity index (χ3v) is 4.66. The average Bonchev–Trinajstić information content (AvgIpc) is 3.07. The number of H-pyrrole nitrogens is 1. The SMILES string of the molecule is COC(=O)C1CC(=O)c2c([nH]c(-c3ccncc3)c2Nc2ccccn2)C1. The molecule has 136 valence electrons. The minimum atomic E-state index is -0.471. The van der Waals surface area contributed by atoms with Crippen molar-refractivity contribution in [2.24, 2.45) is 5.92 Å². The van der Waals surface area contributed by atoms with Crippen LogP contribution < -0.4 is 5.32 Å². The first-order chi connectivity index (χ1) is 13.2. The highest BCUT2D eigenvalue weighted by Crippen LogP contribution is 2.39. The van der Waals surface area contributed by atoms with E-state index in [0.29, 0.717) is 23.5 Å². The number of esters is 1. The van der Waals surface area contributed by atoms with Crippen molar-refractivity contribution in [2.75, 3.05) is 12.4 Å². The maximum atomic E-state index is 12.9. The molecule has 0 fully saturated rings. The molecule has 4 rings (SSSR count). The van der Waals surface area contributed by atoms with Gasteiger partial charge in [-0.25, -0.2) is 4.98 Å². The fourth-order valence-corrected chi connectivity index (χ4v) is 3.42. The van der Waals surface area contributed by atoms with E-state index in [0.717, 1.165) is 17.0 Å². The van der Waals surface area contributed by atoms with Crippen LogP contribution in [0.4, 0.5) is 11.5 Å². The maximum Gasteiger partial charge on any atom is 0.309 e. The lowest BCUT2D eigenvalue weighted by molar-refractivity contribution is -0.145. The largest absolute Gasteiger partial charge is 0.469 e. The van der Waals surface area contributed by atoms with E-state index in [1.165, 1.54) is 7.11 Å². The van der Waals surface area contributed by atoms with E-state index in [-0.39, 0.29) is 18.2 Å². The van der Waals surface area contributed by atoms with Gasteiger partial charge in [0.15, 0.2) is 5.78 Å². The molecule has 3 aromatic heterocycles. The Morgan fingerprint density at radius 2 is 2.00 bits per heavy atom. The second-order valence-electron chi connectivity index (χ2n) is 6.36. The van der Waals surface area contributed by atoms with Crippen LogP contribution >= 0.6 is 0 Å². The lowest BCUT2D eigenvalue weighted by Crippen LogP contribution is -2.27. The summed E-state index contributed by atoms with van der Waals surface area (Å²) >= 11 is 0. The van der Waals surface area contributed by atoms with Crippen LogP contribution in [-0.4, -0.2) is 33.8 Å². The minimum Gasteiger partial charge on any atom is -0.469 e. The zero-order chi connectivity index (χ0) is 18.8. The molecule has 3 heterocycles. The number of Topliss-reactive ketones (excluding diaryl/α,β-unsaturated/α-hetero) is 1. The summed E-state index contributed by atoms with van der Waals surface area (Å²) < 4.78 is 4.83. The number of aromatic amines is 1. The Kier molecular flexibility index (Phi) is 4.42. The Morgan fingerprint density at radius 3 is 2.70 bits per heavy atom. The van der Waals surface area contributed by atoms with Gasteiger partial charge < -0.3 is 15.0 Å². The molecule has 1 unspecified atom stereocenters. The van der Waals surface area contributed by atoms with Crippen LogP contribution in [0.25, 0.3) is 11.3 Å². The molecule has 0 spiro atoms. The van der Waals surface area contributed by atoms with Gasteiger partial charge in [-0.05, 0) is 24.3 Å². The molecule has 7 heteroatoms. The van der Waals surface area contributed by atoms with E-state index in [4.69, 9.17) is 4.74 Å². The number of nitrogens with zero attached hydrogens (tertiary/aromatic N) is 2. The van der Waals surface area contributed by atoms with Crippen molar-refractivity contribution in [3.63, 3.8) is 0 Å². The van der Waals surface area contributed by atoms with Gasteiger partial charge in [0.2, 0.25) is 0 Å². The number of rotatable bonds is 4. The van der Waals surface area contributed by atoms with Crippen molar-refractivity contribution in [1.29, 1.82) is 0 Å². The van der Waals surface area contributed by atoms with E-state index >= 15 is 0 Å². The Balaban J connectivity index is 1.82. The van der Waals surface area contributed by atoms with Gasteiger partial charge in [0.1, 0.15) is 5.82 Å². The first-order valence-corrected chi connectivity index (χ1v) is 8.61. The number of aromatic nitrogens is 3. The minimum absolute atomic E-state index is 0.0957. The molecule has 0 saturated heterocycles. The van der Waals surface area contributed by atoms with Gasteiger partial charge in [0, 0.05) is 42.7 Å². The highest BCUT2D eigenvalue weighted by molar-refractivity contribution is 6.08. The molecule has 27 heavy (non-hydrogen) atoms. The molecule has 0 bridgehead atoms. The van der Waals surface area contributed by atoms with Crippen LogP contribution in [0.1, 0.15) is 22.5 Å². The number of carbonyl (C=O) groups excluding carboxylic acids is 2. The van der Waals surface area contributed by atoms with Crippen molar-refractivity contribution in [3.8, 4) is 11.3 Å². The predicted molar refractivity (Wildman–Crippen MR) is 99.7 cm³/mol. The smallest absolute Gasteiger partial charge is 0.309 e. The van der Waals surface area contributed by atoms with Crippen molar-refractivity contribution in [1.82, 2.24) is 15.0 Å². The van der Waals surface area contributed by atoms with Crippen LogP contribution in [0, 0.1) is 5.92 Å². The molecule has 1 aliphatic carbocycles. The van der Waals surface area contributed by atoms with Crippen LogP contribution in [0.2, 0.25) is 0 Å². The predicted octanol–water partition coefficient (Wildman–Crippen LogP) is 3.13. The maximum absolute atomic E-state index is 12.9. The van der Waals surface area contributed by atoms with E-state index < -0.39 is 5.92 Å². The van der Waals surface area contributed by atoms with Gasteiger partial charge in [-0.15, -0.1) is 0 Å². The number of methoxy groups -OCH3 is 1. The lowest BCUT2D eigenvalue weighted by atomic mass is 9.86. The summed E-state index contributed by atoms with van der Waals surface area (Å²) in [6.45, 7) is 0. The summed E-state index contributed by atoms with van der Waals surface area (Å²) in [5.41, 5.74) is 3.63. The molecule has 0 aliphatic heterocycles. The van der Waals surface area contributed by atoms with Crippen LogP contribution in [-0.2, 0) is 16.0 Å². The van der Waals surface area contributed by atoms with Crippen LogP contribution in [0.3, 0.4) is 0 Å². The Labute approximate surface area is 155 Å². The van der Waals surface area contributed by atoms with Crippen molar-refractivity contribution in [2.45, 2.75) is 12.8 Å². The molecule has 1 atom stereocenters. The van der Waals surface area contributed by atoms with Gasteiger partial charge in [-0.2, -0.15) is 0 Å².